The molecule has 0 unspecified atom stereocenters. The minimum absolute atomic E-state index is 0.00827. The smallest absolute Gasteiger partial charge is 0.280 e. The van der Waals surface area contributed by atoms with Crippen molar-refractivity contribution in [3.05, 3.63) is 51.8 Å². The van der Waals surface area contributed by atoms with Gasteiger partial charge >= 0.3 is 0 Å². The molecule has 0 spiro atoms. The van der Waals surface area contributed by atoms with Crippen molar-refractivity contribution in [3.63, 3.8) is 0 Å². The molecule has 2 aromatic rings. The lowest BCUT2D eigenvalue weighted by molar-refractivity contribution is -0.384. The van der Waals surface area contributed by atoms with Crippen LogP contribution in [0, 0.1) is 17.0 Å². The second kappa shape index (κ2) is 4.89. The van der Waals surface area contributed by atoms with E-state index in [2.05, 4.69) is 9.97 Å². The monoisotopic (exact) mass is 244 g/mol. The highest BCUT2D eigenvalue weighted by Gasteiger charge is 2.16. The molecule has 0 saturated heterocycles. The van der Waals surface area contributed by atoms with Crippen LogP contribution < -0.4 is 5.73 Å². The first kappa shape index (κ1) is 12.1. The number of hydrogen-bond donors (Lipinski definition) is 1. The summed E-state index contributed by atoms with van der Waals surface area (Å²) in [5.74, 6) is 0.336. The molecule has 0 aliphatic rings. The quantitative estimate of drug-likeness (QED) is 0.656. The Hall–Kier alpha value is -2.34. The Morgan fingerprint density at radius 1 is 1.33 bits per heavy atom. The first-order valence-electron chi connectivity index (χ1n) is 5.40. The van der Waals surface area contributed by atoms with E-state index in [0.717, 1.165) is 5.69 Å². The number of nitro groups is 1. The summed E-state index contributed by atoms with van der Waals surface area (Å²) >= 11 is 0. The third-order valence-corrected chi connectivity index (χ3v) is 2.46. The molecule has 0 amide bonds. The Kier molecular flexibility index (Phi) is 3.29. The van der Waals surface area contributed by atoms with Gasteiger partial charge in [-0.05, 0) is 19.1 Å². The average molecular weight is 244 g/mol. The lowest BCUT2D eigenvalue weighted by atomic mass is 10.1. The molecule has 0 radical (unpaired) electrons. The summed E-state index contributed by atoms with van der Waals surface area (Å²) < 4.78 is 0. The van der Waals surface area contributed by atoms with Gasteiger partial charge in [0.25, 0.3) is 5.69 Å². The van der Waals surface area contributed by atoms with Gasteiger partial charge in [-0.3, -0.25) is 10.1 Å². The molecular weight excluding hydrogens is 232 g/mol. The number of hydrogen-bond acceptors (Lipinski definition) is 5. The van der Waals surface area contributed by atoms with Crippen LogP contribution in [0.4, 0.5) is 5.69 Å². The maximum Gasteiger partial charge on any atom is 0.280 e. The maximum absolute atomic E-state index is 11.0. The zero-order valence-electron chi connectivity index (χ0n) is 9.83. The fourth-order valence-corrected chi connectivity index (χ4v) is 1.68. The van der Waals surface area contributed by atoms with Crippen LogP contribution in [-0.4, -0.2) is 14.9 Å². The lowest BCUT2D eigenvalue weighted by Gasteiger charge is -2.05. The molecule has 2 N–H and O–H groups in total. The third kappa shape index (κ3) is 2.33. The van der Waals surface area contributed by atoms with Gasteiger partial charge in [-0.15, -0.1) is 0 Å². The number of nitro benzene ring substituents is 1. The highest BCUT2D eigenvalue weighted by molar-refractivity contribution is 5.67. The normalized spacial score (nSPS) is 10.3. The Bertz CT molecular complexity index is 598. The predicted molar refractivity (Wildman–Crippen MR) is 66.8 cm³/mol. The van der Waals surface area contributed by atoms with E-state index in [1.165, 1.54) is 6.07 Å². The van der Waals surface area contributed by atoms with E-state index in [9.17, 15) is 10.1 Å². The van der Waals surface area contributed by atoms with E-state index in [1.54, 1.807) is 31.2 Å². The molecule has 0 bridgehead atoms. The first-order chi connectivity index (χ1) is 8.61. The molecule has 6 heteroatoms. The van der Waals surface area contributed by atoms with Gasteiger partial charge in [0.15, 0.2) is 5.82 Å². The van der Waals surface area contributed by atoms with Crippen LogP contribution in [0.2, 0.25) is 0 Å². The Morgan fingerprint density at radius 2 is 2.06 bits per heavy atom. The molecule has 0 fully saturated rings. The van der Waals surface area contributed by atoms with E-state index in [1.807, 2.05) is 0 Å². The Morgan fingerprint density at radius 3 is 2.72 bits per heavy atom. The minimum atomic E-state index is -0.441. The molecule has 6 nitrogen and oxygen atoms in total. The van der Waals surface area contributed by atoms with E-state index in [4.69, 9.17) is 5.73 Å². The van der Waals surface area contributed by atoms with E-state index in [-0.39, 0.29) is 12.2 Å². The van der Waals surface area contributed by atoms with Crippen LogP contribution in [0.25, 0.3) is 11.4 Å². The zero-order chi connectivity index (χ0) is 13.1. The minimum Gasteiger partial charge on any atom is -0.325 e. The Labute approximate surface area is 104 Å². The van der Waals surface area contributed by atoms with Crippen molar-refractivity contribution in [1.29, 1.82) is 0 Å². The van der Waals surface area contributed by atoms with Gasteiger partial charge in [0.1, 0.15) is 0 Å². The summed E-state index contributed by atoms with van der Waals surface area (Å²) in [7, 11) is 0. The van der Waals surface area contributed by atoms with Crippen LogP contribution >= 0.6 is 0 Å². The standard InChI is InChI=1S/C12H12N4O2/c1-8-6-9(7-13)15-12(14-8)10-4-2-3-5-11(10)16(17)18/h2-6H,7,13H2,1H3. The summed E-state index contributed by atoms with van der Waals surface area (Å²) in [4.78, 5) is 19.0. The molecule has 18 heavy (non-hydrogen) atoms. The van der Waals surface area contributed by atoms with E-state index < -0.39 is 4.92 Å². The lowest BCUT2D eigenvalue weighted by Crippen LogP contribution is -2.04. The molecule has 1 aromatic heterocycles. The van der Waals surface area contributed by atoms with Crippen molar-refractivity contribution in [2.75, 3.05) is 0 Å². The van der Waals surface area contributed by atoms with Gasteiger partial charge in [0, 0.05) is 18.3 Å². The fraction of sp³-hybridized carbons (Fsp3) is 0.167. The third-order valence-electron chi connectivity index (χ3n) is 2.46. The molecule has 0 saturated carbocycles. The number of aryl methyl sites for hydroxylation is 1. The van der Waals surface area contributed by atoms with Crippen molar-refractivity contribution in [3.8, 4) is 11.4 Å². The molecule has 0 atom stereocenters. The van der Waals surface area contributed by atoms with Crippen LogP contribution in [0.5, 0.6) is 0 Å². The highest BCUT2D eigenvalue weighted by Crippen LogP contribution is 2.26. The van der Waals surface area contributed by atoms with E-state index >= 15 is 0 Å². The van der Waals surface area contributed by atoms with Crippen LogP contribution in [0.15, 0.2) is 30.3 Å². The Balaban J connectivity index is 2.61. The van der Waals surface area contributed by atoms with Gasteiger partial charge < -0.3 is 5.73 Å². The predicted octanol–water partition coefficient (Wildman–Crippen LogP) is 1.82. The van der Waals surface area contributed by atoms with Crippen molar-refractivity contribution in [1.82, 2.24) is 9.97 Å². The van der Waals surface area contributed by atoms with Crippen molar-refractivity contribution in [2.24, 2.45) is 5.73 Å². The second-order valence-electron chi connectivity index (χ2n) is 3.80. The molecule has 1 heterocycles. The van der Waals surface area contributed by atoms with E-state index in [0.29, 0.717) is 17.1 Å². The second-order valence-corrected chi connectivity index (χ2v) is 3.80. The molecule has 1 aromatic carbocycles. The topological polar surface area (TPSA) is 94.9 Å². The SMILES string of the molecule is Cc1cc(CN)nc(-c2ccccc2[N+](=O)[O-])n1. The summed E-state index contributed by atoms with van der Waals surface area (Å²) in [5.41, 5.74) is 7.33. The van der Waals surface area contributed by atoms with Crippen molar-refractivity contribution >= 4 is 5.69 Å². The maximum atomic E-state index is 11.0. The summed E-state index contributed by atoms with van der Waals surface area (Å²) in [6.07, 6.45) is 0. The summed E-state index contributed by atoms with van der Waals surface area (Å²) in [5, 5.41) is 11.0. The number of benzene rings is 1. The molecule has 2 rings (SSSR count). The summed E-state index contributed by atoms with van der Waals surface area (Å²) in [6, 6.07) is 8.16. The molecule has 0 aliphatic carbocycles. The number of aromatic nitrogens is 2. The van der Waals surface area contributed by atoms with Gasteiger partial charge in [0.05, 0.1) is 16.2 Å². The zero-order valence-corrected chi connectivity index (χ0v) is 9.83. The molecule has 92 valence electrons. The van der Waals surface area contributed by atoms with Crippen LogP contribution in [-0.2, 0) is 6.54 Å². The number of nitrogens with two attached hydrogens (primary N) is 1. The highest BCUT2D eigenvalue weighted by atomic mass is 16.6. The number of rotatable bonds is 3. The van der Waals surface area contributed by atoms with Crippen LogP contribution in [0.1, 0.15) is 11.4 Å². The van der Waals surface area contributed by atoms with Crippen molar-refractivity contribution in [2.45, 2.75) is 13.5 Å². The van der Waals surface area contributed by atoms with Gasteiger partial charge in [-0.2, -0.15) is 0 Å². The fourth-order valence-electron chi connectivity index (χ4n) is 1.68. The molecule has 0 aliphatic heterocycles. The first-order valence-corrected chi connectivity index (χ1v) is 5.40. The number of para-hydroxylation sites is 1. The molecular formula is C12H12N4O2. The summed E-state index contributed by atoms with van der Waals surface area (Å²) in [6.45, 7) is 2.08. The van der Waals surface area contributed by atoms with Crippen LogP contribution in [0.3, 0.4) is 0 Å². The largest absolute Gasteiger partial charge is 0.325 e. The number of nitrogens with zero attached hydrogens (tertiary/aromatic N) is 3. The average Bonchev–Trinajstić information content (AvgIpc) is 2.38. The van der Waals surface area contributed by atoms with Gasteiger partial charge in [0.2, 0.25) is 0 Å². The van der Waals surface area contributed by atoms with Gasteiger partial charge in [-0.1, -0.05) is 12.1 Å². The van der Waals surface area contributed by atoms with Crippen molar-refractivity contribution < 1.29 is 4.92 Å². The van der Waals surface area contributed by atoms with Gasteiger partial charge in [-0.25, -0.2) is 9.97 Å².